The number of hydrogen-bond acceptors (Lipinski definition) is 10. The zero-order valence-corrected chi connectivity index (χ0v) is 18.6. The van der Waals surface area contributed by atoms with Crippen LogP contribution in [-0.4, -0.2) is 107 Å². The maximum absolute atomic E-state index is 11.5. The molecule has 12 heteroatoms. The van der Waals surface area contributed by atoms with Gasteiger partial charge in [0.2, 0.25) is 5.91 Å². The summed E-state index contributed by atoms with van der Waals surface area (Å²) in [4.78, 5) is 22.6. The number of nitrogens with one attached hydrogen (secondary N) is 1. The minimum atomic E-state index is -1.60. The molecule has 2 aliphatic heterocycles. The summed E-state index contributed by atoms with van der Waals surface area (Å²) in [6, 6.07) is -0.841. The molecule has 2 fully saturated rings. The van der Waals surface area contributed by atoms with Gasteiger partial charge < -0.3 is 49.5 Å². The van der Waals surface area contributed by atoms with Gasteiger partial charge in [0.05, 0.1) is 24.9 Å². The van der Waals surface area contributed by atoms with Gasteiger partial charge in [-0.25, -0.2) is 6.29 Å². The molecule has 0 bridgehead atoms. The standard InChI is InChI=1S/C16H26NO10.Y/c1-6-10(17-7(2)20)15(11(21)8(4-18)25-6)27-16-13(23)12(22)14(24-3)9(5-19)26-16;/h6,8-16,18,21-23H,4H2,1-3H3,(H,17,20);/q-1;/t6-,8?,9+,10?,11-,12?,13?,14+,15+,16+;/m0./s1. The molecule has 2 aliphatic rings. The van der Waals surface area contributed by atoms with Crippen LogP contribution in [-0.2, 0) is 61.2 Å². The van der Waals surface area contributed by atoms with Gasteiger partial charge in [0.25, 0.3) is 0 Å². The Balaban J connectivity index is 0.00000392. The van der Waals surface area contributed by atoms with Crippen molar-refractivity contribution in [1.82, 2.24) is 5.32 Å². The van der Waals surface area contributed by atoms with Gasteiger partial charge in [-0.3, -0.25) is 4.79 Å². The maximum Gasteiger partial charge on any atom is 0.217 e. The fraction of sp³-hybridized carbons (Fsp3) is 0.875. The van der Waals surface area contributed by atoms with E-state index in [4.69, 9.17) is 18.9 Å². The molecule has 28 heavy (non-hydrogen) atoms. The van der Waals surface area contributed by atoms with E-state index in [-0.39, 0.29) is 32.7 Å². The zero-order valence-electron chi connectivity index (χ0n) is 15.8. The smallest absolute Gasteiger partial charge is 0.217 e. The number of carbonyl (C=O) groups is 1. The van der Waals surface area contributed by atoms with Gasteiger partial charge in [-0.2, -0.15) is 0 Å². The third kappa shape index (κ3) is 5.54. The number of rotatable bonds is 6. The first kappa shape index (κ1) is 26.0. The Morgan fingerprint density at radius 1 is 1.14 bits per heavy atom. The minimum Gasteiger partial charge on any atom is -0.539 e. The minimum absolute atomic E-state index is 0. The van der Waals surface area contributed by atoms with Gasteiger partial charge in [0.1, 0.15) is 30.5 Å². The van der Waals surface area contributed by atoms with E-state index < -0.39 is 73.7 Å². The molecule has 4 unspecified atom stereocenters. The predicted octanol–water partition coefficient (Wildman–Crippen LogP) is -3.41. The third-order valence-electron chi connectivity index (χ3n) is 4.74. The molecule has 10 atom stereocenters. The van der Waals surface area contributed by atoms with Gasteiger partial charge >= 0.3 is 0 Å². The van der Waals surface area contributed by atoms with E-state index in [0.29, 0.717) is 0 Å². The summed E-state index contributed by atoms with van der Waals surface area (Å²) in [5.41, 5.74) is 0. The van der Waals surface area contributed by atoms with E-state index in [0.717, 1.165) is 0 Å². The maximum atomic E-state index is 11.5. The molecule has 11 nitrogen and oxygen atoms in total. The van der Waals surface area contributed by atoms with E-state index in [1.54, 1.807) is 13.2 Å². The number of amides is 1. The molecule has 159 valence electrons. The summed E-state index contributed by atoms with van der Waals surface area (Å²) < 4.78 is 21.4. The second-order valence-electron chi connectivity index (χ2n) is 6.60. The van der Waals surface area contributed by atoms with Crippen LogP contribution < -0.4 is 5.32 Å². The molecular weight excluding hydrogens is 455 g/mol. The number of methoxy groups -OCH3 is 1. The second kappa shape index (κ2) is 11.4. The predicted molar refractivity (Wildman–Crippen MR) is 87.1 cm³/mol. The molecule has 2 rings (SSSR count). The van der Waals surface area contributed by atoms with Crippen LogP contribution in [0.3, 0.4) is 0 Å². The number of ether oxygens (including phenoxy) is 4. The molecule has 0 spiro atoms. The summed E-state index contributed by atoms with van der Waals surface area (Å²) >= 11 is 0. The fourth-order valence-electron chi connectivity index (χ4n) is 3.34. The van der Waals surface area contributed by atoms with Crippen molar-refractivity contribution >= 4 is 12.2 Å². The van der Waals surface area contributed by atoms with E-state index in [2.05, 4.69) is 5.32 Å². The summed E-state index contributed by atoms with van der Waals surface area (Å²) in [7, 11) is 1.23. The van der Waals surface area contributed by atoms with E-state index in [1.165, 1.54) is 14.0 Å². The van der Waals surface area contributed by atoms with E-state index >= 15 is 0 Å². The first-order valence-electron chi connectivity index (χ1n) is 8.54. The van der Waals surface area contributed by atoms with Crippen LogP contribution in [0, 0.1) is 0 Å². The monoisotopic (exact) mass is 481 g/mol. The van der Waals surface area contributed by atoms with Crippen LogP contribution in [0.25, 0.3) is 0 Å². The van der Waals surface area contributed by atoms with Crippen molar-refractivity contribution < 1.29 is 81.7 Å². The molecule has 0 aromatic rings. The van der Waals surface area contributed by atoms with Crippen LogP contribution in [0.2, 0.25) is 0 Å². The third-order valence-corrected chi connectivity index (χ3v) is 4.74. The molecule has 5 N–H and O–H groups in total. The van der Waals surface area contributed by atoms with Crippen molar-refractivity contribution in [2.45, 2.75) is 75.0 Å². The number of aliphatic hydroxyl groups excluding tert-OH is 4. The molecule has 2 heterocycles. The van der Waals surface area contributed by atoms with Crippen LogP contribution in [0.5, 0.6) is 0 Å². The van der Waals surface area contributed by atoms with E-state index in [9.17, 15) is 30.0 Å². The van der Waals surface area contributed by atoms with Gasteiger partial charge in [-0.05, 0) is 13.0 Å². The Bertz CT molecular complexity index is 526. The molecule has 0 saturated carbocycles. The Kier molecular flexibility index (Phi) is 10.5. The Labute approximate surface area is 187 Å². The summed E-state index contributed by atoms with van der Waals surface area (Å²) in [6.45, 7) is 2.37. The Morgan fingerprint density at radius 3 is 2.29 bits per heavy atom. The first-order chi connectivity index (χ1) is 12.7. The van der Waals surface area contributed by atoms with Crippen molar-refractivity contribution in [3.05, 3.63) is 0 Å². The Morgan fingerprint density at radius 2 is 1.79 bits per heavy atom. The summed E-state index contributed by atoms with van der Waals surface area (Å²) in [6.07, 6.45) is -9.73. The number of hydrogen-bond donors (Lipinski definition) is 5. The Hall–Kier alpha value is -0.0761. The number of aliphatic hydroxyl groups is 4. The largest absolute Gasteiger partial charge is 0.539 e. The molecular formula is C16H26NO10Y-. The van der Waals surface area contributed by atoms with Gasteiger partial charge in [0, 0.05) is 46.7 Å². The normalized spacial score (nSPS) is 43.7. The quantitative estimate of drug-likeness (QED) is 0.242. The van der Waals surface area contributed by atoms with E-state index in [1.807, 2.05) is 0 Å². The first-order valence-corrected chi connectivity index (χ1v) is 8.54. The van der Waals surface area contributed by atoms with Gasteiger partial charge in [-0.15, -0.1) is 0 Å². The molecule has 1 amide bonds. The van der Waals surface area contributed by atoms with Crippen molar-refractivity contribution in [3.8, 4) is 0 Å². The average Bonchev–Trinajstić information content (AvgIpc) is 2.63. The molecule has 2 saturated heterocycles. The van der Waals surface area contributed by atoms with Crippen LogP contribution in [0.15, 0.2) is 0 Å². The molecule has 0 aliphatic carbocycles. The van der Waals surface area contributed by atoms with Crippen molar-refractivity contribution in [2.75, 3.05) is 13.7 Å². The van der Waals surface area contributed by atoms with Crippen molar-refractivity contribution in [3.63, 3.8) is 0 Å². The summed E-state index contributed by atoms with van der Waals surface area (Å²) in [5.74, 6) is -0.414. The SMILES string of the molecule is CO[C@H]1C(O)C(O)[C@@H](O[C@@H]2C(NC(C)=O)[C@H](C)OC(CO)[C@@H]2O)O[C@@H]1[C-]=O.[Y]. The zero-order chi connectivity index (χ0) is 20.3. The number of carbonyl (C=O) groups excluding carboxylic acids is 2. The van der Waals surface area contributed by atoms with Gasteiger partial charge in [-0.1, -0.05) is 0 Å². The van der Waals surface area contributed by atoms with Crippen LogP contribution >= 0.6 is 0 Å². The molecule has 0 aromatic heterocycles. The van der Waals surface area contributed by atoms with Crippen LogP contribution in [0.4, 0.5) is 0 Å². The fourth-order valence-corrected chi connectivity index (χ4v) is 3.34. The van der Waals surface area contributed by atoms with Crippen LogP contribution in [0.1, 0.15) is 13.8 Å². The summed E-state index contributed by atoms with van der Waals surface area (Å²) in [5, 5.41) is 42.9. The van der Waals surface area contributed by atoms with Crippen molar-refractivity contribution in [2.24, 2.45) is 0 Å². The topological polar surface area (TPSA) is 164 Å². The second-order valence-corrected chi connectivity index (χ2v) is 6.60. The molecule has 0 aromatic carbocycles. The molecule has 1 radical (unpaired) electrons. The average molecular weight is 481 g/mol. The van der Waals surface area contributed by atoms with Crippen molar-refractivity contribution in [1.29, 1.82) is 0 Å². The van der Waals surface area contributed by atoms with Gasteiger partial charge in [0.15, 0.2) is 6.29 Å².